The summed E-state index contributed by atoms with van der Waals surface area (Å²) in [4.78, 5) is 109. The van der Waals surface area contributed by atoms with E-state index >= 15 is 0 Å². The fourth-order valence-electron chi connectivity index (χ4n) is 7.78. The van der Waals surface area contributed by atoms with Crippen LogP contribution in [0, 0.1) is 17.8 Å². The number of hydrogen-bond donors (Lipinski definition) is 5. The zero-order chi connectivity index (χ0) is 50.0. The van der Waals surface area contributed by atoms with Crippen molar-refractivity contribution in [3.63, 3.8) is 0 Å². The number of imide groups is 1. The van der Waals surface area contributed by atoms with Crippen LogP contribution in [-0.2, 0) is 51.0 Å². The maximum absolute atomic E-state index is 14.4. The lowest BCUT2D eigenvalue weighted by atomic mass is 9.86. The zero-order valence-electron chi connectivity index (χ0n) is 41.1. The second-order valence-corrected chi connectivity index (χ2v) is 19.8. The Morgan fingerprint density at radius 2 is 1.24 bits per heavy atom. The third kappa shape index (κ3) is 19.8. The van der Waals surface area contributed by atoms with Crippen molar-refractivity contribution in [3.8, 4) is 0 Å². The maximum Gasteiger partial charge on any atom is 0.415 e. The summed E-state index contributed by atoms with van der Waals surface area (Å²) in [5.74, 6) is -3.63. The van der Waals surface area contributed by atoms with Crippen molar-refractivity contribution in [3.05, 3.63) is 71.8 Å². The van der Waals surface area contributed by atoms with Crippen LogP contribution in [0.4, 0.5) is 14.4 Å². The number of urea groups is 1. The number of unbranched alkanes of at least 4 members (excludes halogenated alkanes) is 1. The maximum atomic E-state index is 14.4. The van der Waals surface area contributed by atoms with Crippen LogP contribution in [0.15, 0.2) is 60.7 Å². The second kappa shape index (κ2) is 25.8. The lowest BCUT2D eigenvalue weighted by Crippen LogP contribution is -2.64. The second-order valence-electron chi connectivity index (χ2n) is 19.8. The minimum Gasteiger partial charge on any atom is -0.467 e. The van der Waals surface area contributed by atoms with E-state index in [1.807, 2.05) is 81.4 Å². The molecular weight excluding hydrogens is 861 g/mol. The van der Waals surface area contributed by atoms with Gasteiger partial charge in [-0.15, -0.1) is 0 Å². The third-order valence-electron chi connectivity index (χ3n) is 11.1. The molecule has 2 aromatic carbocycles. The Morgan fingerprint density at radius 3 is 1.78 bits per heavy atom. The van der Waals surface area contributed by atoms with Gasteiger partial charge in [0, 0.05) is 37.9 Å². The van der Waals surface area contributed by atoms with Gasteiger partial charge in [0.05, 0.1) is 13.2 Å². The van der Waals surface area contributed by atoms with Gasteiger partial charge >= 0.3 is 24.2 Å². The molecule has 0 aromatic heterocycles. The standard InChI is InChI=1S/C50H74N6O11/c1-33(2)29-37(32-40(57)39(31-36-21-15-12-16-22-36)53-41(58)34(3)30-35-19-13-11-14-20-35)42(59)52-38(23-17-18-26-51-46(63)66-48(4,5)6)43(60)56-27-24-50(25-28-56,44(61)65-10)55-45(62)54-47(64)67-49(7,8)9/h11-16,19-22,33-34,37-39H,17-18,23-32H2,1-10H3,(H,51,63)(H,52,59)(H,53,58)(H2,54,55,62,64)/t34-,37+,38-,39-/m1/s1. The fourth-order valence-corrected chi connectivity index (χ4v) is 7.78. The van der Waals surface area contributed by atoms with Gasteiger partial charge in [-0.2, -0.15) is 0 Å². The Hall–Kier alpha value is -6.00. The van der Waals surface area contributed by atoms with Crippen molar-refractivity contribution in [1.29, 1.82) is 0 Å². The Balaban J connectivity index is 1.83. The minimum absolute atomic E-state index is 0.0155. The van der Waals surface area contributed by atoms with Crippen LogP contribution in [-0.4, -0.2) is 108 Å². The molecule has 1 aliphatic heterocycles. The molecule has 0 aliphatic carbocycles. The number of carbonyl (C=O) groups excluding carboxylic acids is 8. The number of Topliss-reactive ketones (excluding diaryl/α,β-unsaturated/α-hetero) is 1. The predicted molar refractivity (Wildman–Crippen MR) is 252 cm³/mol. The number of rotatable bonds is 21. The Morgan fingerprint density at radius 1 is 0.701 bits per heavy atom. The molecule has 1 heterocycles. The minimum atomic E-state index is -1.59. The number of alkyl carbamates (subject to hydrolysis) is 2. The first-order valence-corrected chi connectivity index (χ1v) is 23.3. The molecule has 0 saturated carbocycles. The van der Waals surface area contributed by atoms with E-state index < -0.39 is 76.7 Å². The summed E-state index contributed by atoms with van der Waals surface area (Å²) in [6, 6.07) is 16.0. The van der Waals surface area contributed by atoms with Gasteiger partial charge in [-0.1, -0.05) is 81.4 Å². The molecule has 5 N–H and O–H groups in total. The molecule has 0 spiro atoms. The molecule has 7 amide bonds. The molecule has 0 radical (unpaired) electrons. The normalized spacial score (nSPS) is 15.4. The average Bonchev–Trinajstić information content (AvgIpc) is 3.24. The average molecular weight is 935 g/mol. The van der Waals surface area contributed by atoms with E-state index in [1.54, 1.807) is 41.5 Å². The van der Waals surface area contributed by atoms with E-state index in [9.17, 15) is 38.4 Å². The summed E-state index contributed by atoms with van der Waals surface area (Å²) in [6.45, 7) is 16.0. The molecule has 1 saturated heterocycles. The lowest BCUT2D eigenvalue weighted by Gasteiger charge is -2.41. The number of piperidine rings is 1. The van der Waals surface area contributed by atoms with E-state index in [4.69, 9.17) is 14.2 Å². The Labute approximate surface area is 395 Å². The number of benzene rings is 2. The topological polar surface area (TPSA) is 228 Å². The summed E-state index contributed by atoms with van der Waals surface area (Å²) < 4.78 is 15.5. The summed E-state index contributed by atoms with van der Waals surface area (Å²) in [5, 5.41) is 13.3. The van der Waals surface area contributed by atoms with Crippen molar-refractivity contribution in [2.45, 2.75) is 149 Å². The summed E-state index contributed by atoms with van der Waals surface area (Å²) >= 11 is 0. The summed E-state index contributed by atoms with van der Waals surface area (Å²) in [6.07, 6.45) is 0.0868. The molecule has 4 atom stereocenters. The third-order valence-corrected chi connectivity index (χ3v) is 11.1. The van der Waals surface area contributed by atoms with Gasteiger partial charge in [0.2, 0.25) is 17.7 Å². The first-order valence-electron chi connectivity index (χ1n) is 23.3. The zero-order valence-corrected chi connectivity index (χ0v) is 41.1. The van der Waals surface area contributed by atoms with Gasteiger partial charge < -0.3 is 40.4 Å². The van der Waals surface area contributed by atoms with Crippen LogP contribution in [0.1, 0.15) is 118 Å². The molecule has 17 nitrogen and oxygen atoms in total. The number of carbonyl (C=O) groups is 8. The van der Waals surface area contributed by atoms with Crippen molar-refractivity contribution < 1.29 is 52.6 Å². The number of hydrogen-bond acceptors (Lipinski definition) is 11. The first-order chi connectivity index (χ1) is 31.4. The number of nitrogens with zero attached hydrogens (tertiary/aromatic N) is 1. The van der Waals surface area contributed by atoms with Crippen LogP contribution < -0.4 is 26.6 Å². The number of ketones is 1. The van der Waals surface area contributed by atoms with Crippen molar-refractivity contribution in [2.75, 3.05) is 26.7 Å². The molecule has 0 unspecified atom stereocenters. The number of amides is 7. The molecule has 1 fully saturated rings. The van der Waals surface area contributed by atoms with Gasteiger partial charge in [0.25, 0.3) is 0 Å². The highest BCUT2D eigenvalue weighted by atomic mass is 16.6. The molecular formula is C50H74N6O11. The fraction of sp³-hybridized carbons (Fsp3) is 0.600. The van der Waals surface area contributed by atoms with Gasteiger partial charge in [0.1, 0.15) is 22.8 Å². The van der Waals surface area contributed by atoms with Gasteiger partial charge in [-0.3, -0.25) is 19.2 Å². The SMILES string of the molecule is COC(=O)C1(NC(=O)NC(=O)OC(C)(C)C)CCN(C(=O)[C@@H](CCCCNC(=O)OC(C)(C)C)NC(=O)[C@H](CC(=O)[C@@H](Cc2ccccc2)NC(=O)[C@H](C)Cc2ccccc2)CC(C)C)CC1. The van der Waals surface area contributed by atoms with E-state index in [1.165, 1.54) is 12.0 Å². The number of esters is 1. The van der Waals surface area contributed by atoms with Crippen LogP contribution in [0.25, 0.3) is 0 Å². The predicted octanol–water partition coefficient (Wildman–Crippen LogP) is 6.16. The van der Waals surface area contributed by atoms with Gasteiger partial charge in [0.15, 0.2) is 5.78 Å². The summed E-state index contributed by atoms with van der Waals surface area (Å²) in [5.41, 5.74) is -1.34. The van der Waals surface area contributed by atoms with Crippen LogP contribution in [0.2, 0.25) is 0 Å². The quantitative estimate of drug-likeness (QED) is 0.0541. The largest absolute Gasteiger partial charge is 0.467 e. The smallest absolute Gasteiger partial charge is 0.415 e. The highest BCUT2D eigenvalue weighted by Gasteiger charge is 2.46. The van der Waals surface area contributed by atoms with Crippen LogP contribution >= 0.6 is 0 Å². The first kappa shape index (κ1) is 55.3. The summed E-state index contributed by atoms with van der Waals surface area (Å²) in [7, 11) is 1.17. The van der Waals surface area contributed by atoms with Crippen LogP contribution in [0.5, 0.6) is 0 Å². The van der Waals surface area contributed by atoms with Crippen LogP contribution in [0.3, 0.4) is 0 Å². The molecule has 0 bridgehead atoms. The Bertz CT molecular complexity index is 1970. The number of nitrogens with one attached hydrogen (secondary N) is 5. The van der Waals surface area contributed by atoms with E-state index in [0.717, 1.165) is 11.1 Å². The number of methoxy groups -OCH3 is 1. The highest BCUT2D eigenvalue weighted by Crippen LogP contribution is 2.26. The van der Waals surface area contributed by atoms with Crippen molar-refractivity contribution in [1.82, 2.24) is 31.5 Å². The monoisotopic (exact) mass is 935 g/mol. The van der Waals surface area contributed by atoms with Gasteiger partial charge in [-0.25, -0.2) is 24.5 Å². The highest BCUT2D eigenvalue weighted by molar-refractivity contribution is 5.96. The van der Waals surface area contributed by atoms with Gasteiger partial charge in [-0.05, 0) is 110 Å². The van der Waals surface area contributed by atoms with E-state index in [2.05, 4.69) is 26.6 Å². The number of ether oxygens (including phenoxy) is 3. The Kier molecular flexibility index (Phi) is 21.3. The molecule has 370 valence electrons. The molecule has 2 aromatic rings. The van der Waals surface area contributed by atoms with Crippen molar-refractivity contribution in [2.24, 2.45) is 17.8 Å². The molecule has 17 heteroatoms. The number of likely N-dealkylation sites (tertiary alicyclic amines) is 1. The lowest BCUT2D eigenvalue weighted by molar-refractivity contribution is -0.152. The van der Waals surface area contributed by atoms with E-state index in [0.29, 0.717) is 25.7 Å². The molecule has 1 aliphatic rings. The molecule has 3 rings (SSSR count). The molecule has 67 heavy (non-hydrogen) atoms. The van der Waals surface area contributed by atoms with E-state index in [-0.39, 0.29) is 69.3 Å². The van der Waals surface area contributed by atoms with Crippen molar-refractivity contribution >= 4 is 47.7 Å².